The Hall–Kier alpha value is -1.72. The lowest BCUT2D eigenvalue weighted by molar-refractivity contribution is -0.123. The second kappa shape index (κ2) is 5.82. The summed E-state index contributed by atoms with van der Waals surface area (Å²) in [6.07, 6.45) is 0.301. The van der Waals surface area contributed by atoms with Gasteiger partial charge in [-0.15, -0.1) is 0 Å². The highest BCUT2D eigenvalue weighted by Crippen LogP contribution is 2.29. The van der Waals surface area contributed by atoms with Crippen molar-refractivity contribution in [1.29, 1.82) is 0 Å². The minimum Gasteiger partial charge on any atom is -0.304 e. The number of benzene rings is 1. The second-order valence-corrected chi connectivity index (χ2v) is 6.42. The van der Waals surface area contributed by atoms with Gasteiger partial charge in [0.1, 0.15) is 0 Å². The minimum atomic E-state index is -0.290. The van der Waals surface area contributed by atoms with Crippen LogP contribution in [0.4, 0.5) is 5.69 Å². The van der Waals surface area contributed by atoms with Crippen LogP contribution < -0.4 is 4.90 Å². The van der Waals surface area contributed by atoms with E-state index in [0.717, 1.165) is 43.0 Å². The Morgan fingerprint density at radius 3 is 2.36 bits per heavy atom. The summed E-state index contributed by atoms with van der Waals surface area (Å²) in [5.41, 5.74) is 2.84. The van der Waals surface area contributed by atoms with Gasteiger partial charge in [0.15, 0.2) is 0 Å². The summed E-state index contributed by atoms with van der Waals surface area (Å²) in [5.74, 6) is -0.151. The quantitative estimate of drug-likeness (QED) is 0.770. The van der Waals surface area contributed by atoms with Gasteiger partial charge >= 0.3 is 0 Å². The molecule has 2 heterocycles. The Bertz CT molecular complexity index is 606. The zero-order valence-electron chi connectivity index (χ0n) is 13.5. The SMILES string of the molecule is Cc1ccc(N2C(=O)C[C@@H](N3CCN(C)CC3)C2=O)c(C)c1. The first kappa shape index (κ1) is 15.2. The summed E-state index contributed by atoms with van der Waals surface area (Å²) in [6.45, 7) is 7.55. The fraction of sp³-hybridized carbons (Fsp3) is 0.529. The largest absolute Gasteiger partial charge is 0.304 e. The molecule has 1 aromatic rings. The van der Waals surface area contributed by atoms with Crippen LogP contribution in [-0.4, -0.2) is 60.9 Å². The summed E-state index contributed by atoms with van der Waals surface area (Å²) in [5, 5.41) is 0. The molecule has 2 aliphatic heterocycles. The number of carbonyl (C=O) groups is 2. The van der Waals surface area contributed by atoms with Crippen molar-refractivity contribution >= 4 is 17.5 Å². The van der Waals surface area contributed by atoms with Crippen molar-refractivity contribution < 1.29 is 9.59 Å². The molecule has 0 saturated carbocycles. The summed E-state index contributed by atoms with van der Waals surface area (Å²) >= 11 is 0. The van der Waals surface area contributed by atoms with Gasteiger partial charge in [-0.05, 0) is 32.5 Å². The molecule has 5 nitrogen and oxygen atoms in total. The van der Waals surface area contributed by atoms with Gasteiger partial charge in [0.25, 0.3) is 5.91 Å². The molecule has 0 spiro atoms. The van der Waals surface area contributed by atoms with Crippen molar-refractivity contribution in [2.45, 2.75) is 26.3 Å². The maximum Gasteiger partial charge on any atom is 0.251 e. The molecule has 1 atom stereocenters. The molecular weight excluding hydrogens is 278 g/mol. The highest BCUT2D eigenvalue weighted by atomic mass is 16.2. The Kier molecular flexibility index (Phi) is 4.02. The molecule has 0 radical (unpaired) electrons. The van der Waals surface area contributed by atoms with E-state index in [-0.39, 0.29) is 17.9 Å². The number of hydrogen-bond donors (Lipinski definition) is 0. The number of aryl methyl sites for hydroxylation is 2. The summed E-state index contributed by atoms with van der Waals surface area (Å²) in [6, 6.07) is 5.56. The van der Waals surface area contributed by atoms with Crippen molar-refractivity contribution in [3.8, 4) is 0 Å². The third-order valence-corrected chi connectivity index (χ3v) is 4.69. The highest BCUT2D eigenvalue weighted by Gasteiger charge is 2.43. The molecule has 5 heteroatoms. The third-order valence-electron chi connectivity index (χ3n) is 4.69. The van der Waals surface area contributed by atoms with E-state index in [4.69, 9.17) is 0 Å². The van der Waals surface area contributed by atoms with E-state index < -0.39 is 0 Å². The molecule has 0 unspecified atom stereocenters. The lowest BCUT2D eigenvalue weighted by Crippen LogP contribution is -2.51. The van der Waals surface area contributed by atoms with Crippen LogP contribution in [0.25, 0.3) is 0 Å². The fourth-order valence-electron chi connectivity index (χ4n) is 3.34. The smallest absolute Gasteiger partial charge is 0.251 e. The molecule has 1 aromatic carbocycles. The molecule has 22 heavy (non-hydrogen) atoms. The molecule has 118 valence electrons. The van der Waals surface area contributed by atoms with Crippen LogP contribution in [0, 0.1) is 13.8 Å². The summed E-state index contributed by atoms with van der Waals surface area (Å²) in [4.78, 5) is 31.0. The van der Waals surface area contributed by atoms with Gasteiger partial charge in [-0.1, -0.05) is 17.7 Å². The van der Waals surface area contributed by atoms with Crippen molar-refractivity contribution in [3.63, 3.8) is 0 Å². The molecule has 0 bridgehead atoms. The first-order chi connectivity index (χ1) is 10.5. The van der Waals surface area contributed by atoms with Gasteiger partial charge in [0.2, 0.25) is 5.91 Å². The first-order valence-electron chi connectivity index (χ1n) is 7.84. The van der Waals surface area contributed by atoms with Crippen LogP contribution in [0.5, 0.6) is 0 Å². The van der Waals surface area contributed by atoms with E-state index >= 15 is 0 Å². The van der Waals surface area contributed by atoms with E-state index in [9.17, 15) is 9.59 Å². The topological polar surface area (TPSA) is 43.9 Å². The van der Waals surface area contributed by atoms with Crippen molar-refractivity contribution in [2.24, 2.45) is 0 Å². The third kappa shape index (κ3) is 2.66. The normalized spacial score (nSPS) is 24.3. The molecule has 3 rings (SSSR count). The van der Waals surface area contributed by atoms with Crippen LogP contribution in [0.3, 0.4) is 0 Å². The van der Waals surface area contributed by atoms with E-state index in [1.54, 1.807) is 0 Å². The summed E-state index contributed by atoms with van der Waals surface area (Å²) in [7, 11) is 2.08. The van der Waals surface area contributed by atoms with Crippen molar-refractivity contribution in [3.05, 3.63) is 29.3 Å². The predicted octanol–water partition coefficient (Wildman–Crippen LogP) is 1.18. The number of imide groups is 1. The molecule has 2 saturated heterocycles. The van der Waals surface area contributed by atoms with Gasteiger partial charge < -0.3 is 4.90 Å². The van der Waals surface area contributed by atoms with E-state index in [0.29, 0.717) is 6.42 Å². The highest BCUT2D eigenvalue weighted by molar-refractivity contribution is 6.22. The average molecular weight is 301 g/mol. The van der Waals surface area contributed by atoms with Crippen LogP contribution in [0.15, 0.2) is 18.2 Å². The predicted molar refractivity (Wildman–Crippen MR) is 85.9 cm³/mol. The van der Waals surface area contributed by atoms with E-state index in [1.807, 2.05) is 32.0 Å². The molecule has 0 N–H and O–H groups in total. The molecule has 2 amide bonds. The number of anilines is 1. The van der Waals surface area contributed by atoms with Crippen molar-refractivity contribution in [2.75, 3.05) is 38.1 Å². The van der Waals surface area contributed by atoms with Crippen molar-refractivity contribution in [1.82, 2.24) is 9.80 Å². The van der Waals surface area contributed by atoms with E-state index in [2.05, 4.69) is 16.8 Å². The minimum absolute atomic E-state index is 0.0680. The lowest BCUT2D eigenvalue weighted by Gasteiger charge is -2.35. The monoisotopic (exact) mass is 301 g/mol. The Labute approximate surface area is 131 Å². The number of likely N-dealkylation sites (N-methyl/N-ethyl adjacent to an activating group) is 1. The maximum atomic E-state index is 12.8. The fourth-order valence-corrected chi connectivity index (χ4v) is 3.34. The van der Waals surface area contributed by atoms with Crippen LogP contribution >= 0.6 is 0 Å². The average Bonchev–Trinajstić information content (AvgIpc) is 2.76. The lowest BCUT2D eigenvalue weighted by atomic mass is 10.1. The van der Waals surface area contributed by atoms with Gasteiger partial charge in [0.05, 0.1) is 18.2 Å². The van der Waals surface area contributed by atoms with E-state index in [1.165, 1.54) is 4.90 Å². The number of piperazine rings is 1. The molecule has 2 fully saturated rings. The molecular formula is C17H23N3O2. The zero-order valence-corrected chi connectivity index (χ0v) is 13.5. The van der Waals surface area contributed by atoms with Crippen LogP contribution in [0.1, 0.15) is 17.5 Å². The van der Waals surface area contributed by atoms with Gasteiger partial charge in [0, 0.05) is 26.2 Å². The number of carbonyl (C=O) groups excluding carboxylic acids is 2. The number of hydrogen-bond acceptors (Lipinski definition) is 4. The number of rotatable bonds is 2. The Morgan fingerprint density at radius 1 is 1.05 bits per heavy atom. The maximum absolute atomic E-state index is 12.8. The first-order valence-corrected chi connectivity index (χ1v) is 7.84. The zero-order chi connectivity index (χ0) is 15.9. The Balaban J connectivity index is 1.82. The molecule has 0 aromatic heterocycles. The van der Waals surface area contributed by atoms with Gasteiger partial charge in [-0.2, -0.15) is 0 Å². The number of amides is 2. The number of nitrogens with zero attached hydrogens (tertiary/aromatic N) is 3. The molecule has 2 aliphatic rings. The Morgan fingerprint density at radius 2 is 1.73 bits per heavy atom. The standard InChI is InChI=1S/C17H23N3O2/c1-12-4-5-14(13(2)10-12)20-16(21)11-15(17(20)22)19-8-6-18(3)7-9-19/h4-5,10,15H,6-9,11H2,1-3H3/t15-/m1/s1. The molecule has 0 aliphatic carbocycles. The summed E-state index contributed by atoms with van der Waals surface area (Å²) < 4.78 is 0. The van der Waals surface area contributed by atoms with Gasteiger partial charge in [-0.25, -0.2) is 4.90 Å². The van der Waals surface area contributed by atoms with Crippen LogP contribution in [0.2, 0.25) is 0 Å². The second-order valence-electron chi connectivity index (χ2n) is 6.42. The van der Waals surface area contributed by atoms with Gasteiger partial charge in [-0.3, -0.25) is 14.5 Å². The van der Waals surface area contributed by atoms with Crippen LogP contribution in [-0.2, 0) is 9.59 Å².